The first-order chi connectivity index (χ1) is 11.8. The standard InChI is InChI=1S/C19H20Cl2N2O2/c1-19(2,17(24)22-11-13-7-9-15(20)10-8-13)18(25)23-12-14-5-3-4-6-16(14)21/h3-10H,11-12H2,1-2H3,(H,22,24)(H,23,25). The molecule has 4 nitrogen and oxygen atoms in total. The van der Waals surface area contributed by atoms with Gasteiger partial charge in [0, 0.05) is 23.1 Å². The monoisotopic (exact) mass is 378 g/mol. The maximum atomic E-state index is 12.4. The summed E-state index contributed by atoms with van der Waals surface area (Å²) in [5.74, 6) is -0.708. The number of carbonyl (C=O) groups is 2. The first kappa shape index (κ1) is 19.3. The number of amides is 2. The average molecular weight is 379 g/mol. The smallest absolute Gasteiger partial charge is 0.235 e. The van der Waals surface area contributed by atoms with E-state index in [0.29, 0.717) is 16.6 Å². The fourth-order valence-electron chi connectivity index (χ4n) is 2.15. The Hall–Kier alpha value is -2.04. The van der Waals surface area contributed by atoms with Crippen LogP contribution in [0.15, 0.2) is 48.5 Å². The zero-order chi connectivity index (χ0) is 18.4. The number of hydrogen-bond donors (Lipinski definition) is 2. The molecule has 0 atom stereocenters. The van der Waals surface area contributed by atoms with Crippen molar-refractivity contribution in [3.8, 4) is 0 Å². The van der Waals surface area contributed by atoms with Crippen LogP contribution in [0.2, 0.25) is 10.0 Å². The molecule has 2 aromatic carbocycles. The second-order valence-electron chi connectivity index (χ2n) is 6.21. The molecule has 0 aliphatic heterocycles. The van der Waals surface area contributed by atoms with Crippen LogP contribution in [0.4, 0.5) is 0 Å². The van der Waals surface area contributed by atoms with Crippen molar-refractivity contribution in [3.63, 3.8) is 0 Å². The van der Waals surface area contributed by atoms with E-state index in [1.165, 1.54) is 0 Å². The van der Waals surface area contributed by atoms with Crippen molar-refractivity contribution in [2.24, 2.45) is 5.41 Å². The summed E-state index contributed by atoms with van der Waals surface area (Å²) in [7, 11) is 0. The van der Waals surface area contributed by atoms with E-state index in [2.05, 4.69) is 10.6 Å². The van der Waals surface area contributed by atoms with Crippen LogP contribution in [0.5, 0.6) is 0 Å². The zero-order valence-corrected chi connectivity index (χ0v) is 15.6. The van der Waals surface area contributed by atoms with Gasteiger partial charge in [-0.15, -0.1) is 0 Å². The maximum Gasteiger partial charge on any atom is 0.235 e. The van der Waals surface area contributed by atoms with Crippen molar-refractivity contribution in [2.75, 3.05) is 0 Å². The highest BCUT2D eigenvalue weighted by Crippen LogP contribution is 2.18. The Labute approximate surface area is 157 Å². The van der Waals surface area contributed by atoms with Gasteiger partial charge in [0.05, 0.1) is 0 Å². The van der Waals surface area contributed by atoms with Gasteiger partial charge in [-0.1, -0.05) is 53.5 Å². The normalized spacial score (nSPS) is 11.0. The summed E-state index contributed by atoms with van der Waals surface area (Å²) in [6.07, 6.45) is 0. The highest BCUT2D eigenvalue weighted by Gasteiger charge is 2.35. The fourth-order valence-corrected chi connectivity index (χ4v) is 2.48. The molecule has 0 spiro atoms. The second kappa shape index (κ2) is 8.37. The Morgan fingerprint density at radius 2 is 1.44 bits per heavy atom. The molecule has 0 bridgehead atoms. The topological polar surface area (TPSA) is 58.2 Å². The largest absolute Gasteiger partial charge is 0.351 e. The van der Waals surface area contributed by atoms with Crippen LogP contribution < -0.4 is 10.6 Å². The summed E-state index contributed by atoms with van der Waals surface area (Å²) in [6.45, 7) is 3.78. The lowest BCUT2D eigenvalue weighted by Gasteiger charge is -2.23. The van der Waals surface area contributed by atoms with Gasteiger partial charge in [0.25, 0.3) is 0 Å². The van der Waals surface area contributed by atoms with Gasteiger partial charge in [0.15, 0.2) is 0 Å². The molecule has 2 N–H and O–H groups in total. The lowest BCUT2D eigenvalue weighted by atomic mass is 9.91. The van der Waals surface area contributed by atoms with E-state index in [1.807, 2.05) is 30.3 Å². The number of rotatable bonds is 6. The van der Waals surface area contributed by atoms with Crippen molar-refractivity contribution in [1.29, 1.82) is 0 Å². The van der Waals surface area contributed by atoms with E-state index < -0.39 is 5.41 Å². The Bertz CT molecular complexity index is 758. The van der Waals surface area contributed by atoms with E-state index in [1.54, 1.807) is 32.0 Å². The molecule has 0 radical (unpaired) electrons. The van der Waals surface area contributed by atoms with Crippen molar-refractivity contribution in [2.45, 2.75) is 26.9 Å². The third-order valence-electron chi connectivity index (χ3n) is 3.90. The highest BCUT2D eigenvalue weighted by molar-refractivity contribution is 6.31. The van der Waals surface area contributed by atoms with Gasteiger partial charge in [-0.2, -0.15) is 0 Å². The Morgan fingerprint density at radius 1 is 0.880 bits per heavy atom. The fraction of sp³-hybridized carbons (Fsp3) is 0.263. The Kier molecular flexibility index (Phi) is 6.45. The minimum atomic E-state index is -1.20. The maximum absolute atomic E-state index is 12.4. The number of hydrogen-bond acceptors (Lipinski definition) is 2. The van der Waals surface area contributed by atoms with E-state index in [0.717, 1.165) is 11.1 Å². The van der Waals surface area contributed by atoms with Crippen LogP contribution >= 0.6 is 23.2 Å². The number of carbonyl (C=O) groups excluding carboxylic acids is 2. The molecule has 2 rings (SSSR count). The summed E-state index contributed by atoms with van der Waals surface area (Å²) < 4.78 is 0. The van der Waals surface area contributed by atoms with Crippen LogP contribution in [0, 0.1) is 5.41 Å². The van der Waals surface area contributed by atoms with E-state index in [9.17, 15) is 9.59 Å². The molecule has 0 aliphatic rings. The van der Waals surface area contributed by atoms with Crippen LogP contribution in [-0.4, -0.2) is 11.8 Å². The van der Waals surface area contributed by atoms with Gasteiger partial charge in [-0.05, 0) is 43.2 Å². The molecule has 6 heteroatoms. The van der Waals surface area contributed by atoms with Crippen LogP contribution in [0.25, 0.3) is 0 Å². The third-order valence-corrected chi connectivity index (χ3v) is 4.52. The highest BCUT2D eigenvalue weighted by atomic mass is 35.5. The van der Waals surface area contributed by atoms with Crippen molar-refractivity contribution in [3.05, 3.63) is 69.7 Å². The lowest BCUT2D eigenvalue weighted by molar-refractivity contribution is -0.141. The Morgan fingerprint density at radius 3 is 2.04 bits per heavy atom. The summed E-state index contributed by atoms with van der Waals surface area (Å²) in [5, 5.41) is 6.76. The summed E-state index contributed by atoms with van der Waals surface area (Å²) >= 11 is 11.9. The molecule has 0 aromatic heterocycles. The summed E-state index contributed by atoms with van der Waals surface area (Å²) in [5.41, 5.74) is 0.508. The van der Waals surface area contributed by atoms with E-state index in [4.69, 9.17) is 23.2 Å². The minimum Gasteiger partial charge on any atom is -0.351 e. The quantitative estimate of drug-likeness (QED) is 0.747. The minimum absolute atomic E-state index is 0.270. The molecule has 25 heavy (non-hydrogen) atoms. The number of halogens is 2. The third kappa shape index (κ3) is 5.21. The van der Waals surface area contributed by atoms with Crippen molar-refractivity contribution >= 4 is 35.0 Å². The van der Waals surface area contributed by atoms with E-state index in [-0.39, 0.29) is 18.4 Å². The first-order valence-corrected chi connectivity index (χ1v) is 8.61. The van der Waals surface area contributed by atoms with Gasteiger partial charge >= 0.3 is 0 Å². The van der Waals surface area contributed by atoms with Gasteiger partial charge in [-0.3, -0.25) is 9.59 Å². The molecule has 0 aliphatic carbocycles. The molecule has 0 saturated carbocycles. The SMILES string of the molecule is CC(C)(C(=O)NCc1ccc(Cl)cc1)C(=O)NCc1ccccc1Cl. The summed E-state index contributed by atoms with van der Waals surface area (Å²) in [6, 6.07) is 14.4. The van der Waals surface area contributed by atoms with E-state index >= 15 is 0 Å². The summed E-state index contributed by atoms with van der Waals surface area (Å²) in [4.78, 5) is 24.8. The molecular formula is C19H20Cl2N2O2. The Balaban J connectivity index is 1.91. The van der Waals surface area contributed by atoms with Crippen molar-refractivity contribution in [1.82, 2.24) is 10.6 Å². The number of benzene rings is 2. The van der Waals surface area contributed by atoms with Gasteiger partial charge in [-0.25, -0.2) is 0 Å². The zero-order valence-electron chi connectivity index (χ0n) is 14.1. The molecular weight excluding hydrogens is 359 g/mol. The van der Waals surface area contributed by atoms with Crippen molar-refractivity contribution < 1.29 is 9.59 Å². The van der Waals surface area contributed by atoms with Gasteiger partial charge in [0.1, 0.15) is 5.41 Å². The second-order valence-corrected chi connectivity index (χ2v) is 7.05. The molecule has 0 unspecified atom stereocenters. The molecule has 0 heterocycles. The molecule has 0 fully saturated rings. The number of nitrogens with one attached hydrogen (secondary N) is 2. The molecule has 2 amide bonds. The van der Waals surface area contributed by atoms with Gasteiger partial charge < -0.3 is 10.6 Å². The van der Waals surface area contributed by atoms with Crippen LogP contribution in [0.1, 0.15) is 25.0 Å². The van der Waals surface area contributed by atoms with Crippen LogP contribution in [-0.2, 0) is 22.7 Å². The first-order valence-electron chi connectivity index (χ1n) is 7.85. The van der Waals surface area contributed by atoms with Crippen LogP contribution in [0.3, 0.4) is 0 Å². The predicted molar refractivity (Wildman–Crippen MR) is 100 cm³/mol. The lowest BCUT2D eigenvalue weighted by Crippen LogP contribution is -2.47. The molecule has 132 valence electrons. The molecule has 0 saturated heterocycles. The average Bonchev–Trinajstić information content (AvgIpc) is 2.59. The predicted octanol–water partition coefficient (Wildman–Crippen LogP) is 3.95. The van der Waals surface area contributed by atoms with Gasteiger partial charge in [0.2, 0.25) is 11.8 Å². The molecule has 2 aromatic rings.